The fourth-order valence-electron chi connectivity index (χ4n) is 0.671. The van der Waals surface area contributed by atoms with E-state index >= 15 is 0 Å². The van der Waals surface area contributed by atoms with Crippen molar-refractivity contribution in [2.24, 2.45) is 0 Å². The van der Waals surface area contributed by atoms with Crippen molar-refractivity contribution in [1.29, 1.82) is 0 Å². The Morgan fingerprint density at radius 3 is 2.90 bits per heavy atom. The van der Waals surface area contributed by atoms with Gasteiger partial charge in [0.25, 0.3) is 0 Å². The second-order valence-electron chi connectivity index (χ2n) is 2.06. The molecule has 1 nitrogen and oxygen atoms in total. The van der Waals surface area contributed by atoms with Gasteiger partial charge in [0.05, 0.1) is 17.8 Å². The van der Waals surface area contributed by atoms with Gasteiger partial charge >= 0.3 is 0 Å². The lowest BCUT2D eigenvalue weighted by Gasteiger charge is -1.96. The second kappa shape index (κ2) is 2.97. The number of aromatic nitrogens is 1. The monoisotopic (exact) mass is 159 g/mol. The van der Waals surface area contributed by atoms with Crippen LogP contribution >= 0.6 is 11.6 Å². The Morgan fingerprint density at radius 2 is 2.40 bits per heavy atom. The van der Waals surface area contributed by atoms with E-state index in [1.807, 2.05) is 0 Å². The fraction of sp³-hybridized carbons (Fsp3) is 0.286. The topological polar surface area (TPSA) is 12.9 Å². The lowest BCUT2D eigenvalue weighted by Crippen LogP contribution is -1.89. The van der Waals surface area contributed by atoms with E-state index in [-0.39, 0.29) is 5.82 Å². The Kier molecular flexibility index (Phi) is 2.22. The van der Waals surface area contributed by atoms with Crippen LogP contribution in [0.15, 0.2) is 12.3 Å². The molecule has 1 aromatic rings. The van der Waals surface area contributed by atoms with Gasteiger partial charge in [-0.3, -0.25) is 4.98 Å². The standard InChI is InChI=1S/C7H7ClFN/c1-5-2-6(3-8)10-4-7(5)9/h2,4H,3H2,1H3. The Balaban J connectivity index is 3.04. The van der Waals surface area contributed by atoms with Crippen molar-refractivity contribution >= 4 is 11.6 Å². The van der Waals surface area contributed by atoms with E-state index in [1.165, 1.54) is 6.20 Å². The van der Waals surface area contributed by atoms with E-state index in [2.05, 4.69) is 4.98 Å². The maximum absolute atomic E-state index is 12.5. The molecule has 0 amide bonds. The number of pyridine rings is 1. The van der Waals surface area contributed by atoms with Gasteiger partial charge in [-0.1, -0.05) is 0 Å². The van der Waals surface area contributed by atoms with Crippen LogP contribution in [0.4, 0.5) is 4.39 Å². The molecule has 0 fully saturated rings. The number of hydrogen-bond donors (Lipinski definition) is 0. The first-order valence-electron chi connectivity index (χ1n) is 2.91. The fourth-order valence-corrected chi connectivity index (χ4v) is 0.817. The molecule has 0 saturated heterocycles. The Hall–Kier alpha value is -0.630. The molecule has 0 aromatic carbocycles. The summed E-state index contributed by atoms with van der Waals surface area (Å²) in [6, 6.07) is 1.64. The summed E-state index contributed by atoms with van der Waals surface area (Å²) in [6.45, 7) is 1.69. The first kappa shape index (κ1) is 7.48. The molecule has 0 unspecified atom stereocenters. The average Bonchev–Trinajstić information content (AvgIpc) is 1.95. The third kappa shape index (κ3) is 1.45. The van der Waals surface area contributed by atoms with Gasteiger partial charge in [0.1, 0.15) is 5.82 Å². The minimum atomic E-state index is -0.283. The summed E-state index contributed by atoms with van der Waals surface area (Å²) in [4.78, 5) is 3.75. The lowest BCUT2D eigenvalue weighted by molar-refractivity contribution is 0.610. The Bertz CT molecular complexity index is 237. The molecule has 0 atom stereocenters. The van der Waals surface area contributed by atoms with Crippen LogP contribution < -0.4 is 0 Å². The first-order chi connectivity index (χ1) is 4.74. The normalized spacial score (nSPS) is 9.90. The Morgan fingerprint density at radius 1 is 1.70 bits per heavy atom. The van der Waals surface area contributed by atoms with Gasteiger partial charge < -0.3 is 0 Å². The highest BCUT2D eigenvalue weighted by atomic mass is 35.5. The summed E-state index contributed by atoms with van der Waals surface area (Å²) >= 11 is 5.47. The molecule has 0 N–H and O–H groups in total. The van der Waals surface area contributed by atoms with E-state index in [1.54, 1.807) is 13.0 Å². The molecule has 1 heterocycles. The summed E-state index contributed by atoms with van der Waals surface area (Å²) in [6.07, 6.45) is 1.19. The number of hydrogen-bond acceptors (Lipinski definition) is 1. The zero-order valence-electron chi connectivity index (χ0n) is 5.56. The number of aryl methyl sites for hydroxylation is 1. The highest BCUT2D eigenvalue weighted by Gasteiger charge is 1.97. The molecular formula is C7H7ClFN. The van der Waals surface area contributed by atoms with Crippen molar-refractivity contribution in [1.82, 2.24) is 4.98 Å². The zero-order chi connectivity index (χ0) is 7.56. The average molecular weight is 160 g/mol. The highest BCUT2D eigenvalue weighted by molar-refractivity contribution is 6.16. The summed E-state index contributed by atoms with van der Waals surface area (Å²) in [7, 11) is 0. The molecule has 1 rings (SSSR count). The zero-order valence-corrected chi connectivity index (χ0v) is 6.32. The van der Waals surface area contributed by atoms with Crippen LogP contribution in [0, 0.1) is 12.7 Å². The summed E-state index contributed by atoms with van der Waals surface area (Å²) in [5.41, 5.74) is 1.30. The quantitative estimate of drug-likeness (QED) is 0.573. The third-order valence-electron chi connectivity index (χ3n) is 1.24. The maximum Gasteiger partial charge on any atom is 0.144 e. The molecule has 0 bridgehead atoms. The minimum absolute atomic E-state index is 0.283. The van der Waals surface area contributed by atoms with Crippen molar-refractivity contribution in [3.05, 3.63) is 29.3 Å². The smallest absolute Gasteiger partial charge is 0.144 e. The van der Waals surface area contributed by atoms with E-state index < -0.39 is 0 Å². The van der Waals surface area contributed by atoms with E-state index in [0.717, 1.165) is 0 Å². The van der Waals surface area contributed by atoms with E-state index in [4.69, 9.17) is 11.6 Å². The first-order valence-corrected chi connectivity index (χ1v) is 3.44. The molecule has 3 heteroatoms. The molecule has 0 radical (unpaired) electrons. The third-order valence-corrected chi connectivity index (χ3v) is 1.51. The second-order valence-corrected chi connectivity index (χ2v) is 2.33. The molecule has 1 aromatic heterocycles. The summed E-state index contributed by atoms with van der Waals surface area (Å²) in [5, 5.41) is 0. The maximum atomic E-state index is 12.5. The van der Waals surface area contributed by atoms with Gasteiger partial charge in [0, 0.05) is 0 Å². The highest BCUT2D eigenvalue weighted by Crippen LogP contribution is 2.07. The van der Waals surface area contributed by atoms with Crippen molar-refractivity contribution in [2.75, 3.05) is 0 Å². The largest absolute Gasteiger partial charge is 0.257 e. The number of halogens is 2. The van der Waals surface area contributed by atoms with Crippen LogP contribution in [0.1, 0.15) is 11.3 Å². The molecule has 0 saturated carbocycles. The van der Waals surface area contributed by atoms with Gasteiger partial charge in [-0.05, 0) is 18.6 Å². The van der Waals surface area contributed by atoms with Crippen molar-refractivity contribution in [3.63, 3.8) is 0 Å². The van der Waals surface area contributed by atoms with Gasteiger partial charge in [0.15, 0.2) is 0 Å². The minimum Gasteiger partial charge on any atom is -0.257 e. The predicted molar refractivity (Wildman–Crippen MR) is 38.5 cm³/mol. The van der Waals surface area contributed by atoms with Crippen LogP contribution in [-0.4, -0.2) is 4.98 Å². The predicted octanol–water partition coefficient (Wildman–Crippen LogP) is 2.27. The Labute approximate surface area is 63.8 Å². The number of nitrogens with zero attached hydrogens (tertiary/aromatic N) is 1. The van der Waals surface area contributed by atoms with Crippen LogP contribution in [0.2, 0.25) is 0 Å². The van der Waals surface area contributed by atoms with Crippen LogP contribution in [0.5, 0.6) is 0 Å². The van der Waals surface area contributed by atoms with Crippen molar-refractivity contribution in [2.45, 2.75) is 12.8 Å². The van der Waals surface area contributed by atoms with Gasteiger partial charge in [-0.2, -0.15) is 0 Å². The van der Waals surface area contributed by atoms with Crippen LogP contribution in [-0.2, 0) is 5.88 Å². The molecule has 54 valence electrons. The SMILES string of the molecule is Cc1cc(CCl)ncc1F. The number of alkyl halides is 1. The van der Waals surface area contributed by atoms with E-state index in [0.29, 0.717) is 17.1 Å². The lowest BCUT2D eigenvalue weighted by atomic mass is 10.2. The van der Waals surface area contributed by atoms with Gasteiger partial charge in [-0.25, -0.2) is 4.39 Å². The van der Waals surface area contributed by atoms with Gasteiger partial charge in [0.2, 0.25) is 0 Å². The molecule has 0 aliphatic rings. The summed E-state index contributed by atoms with van der Waals surface area (Å²) in [5.74, 6) is 0.0510. The van der Waals surface area contributed by atoms with Crippen LogP contribution in [0.25, 0.3) is 0 Å². The van der Waals surface area contributed by atoms with Crippen molar-refractivity contribution in [3.8, 4) is 0 Å². The van der Waals surface area contributed by atoms with Gasteiger partial charge in [-0.15, -0.1) is 11.6 Å². The molecule has 0 spiro atoms. The van der Waals surface area contributed by atoms with E-state index in [9.17, 15) is 4.39 Å². The summed E-state index contributed by atoms with van der Waals surface area (Å²) < 4.78 is 12.5. The molecule has 10 heavy (non-hydrogen) atoms. The molecule has 0 aliphatic carbocycles. The molecular weight excluding hydrogens is 153 g/mol. The number of rotatable bonds is 1. The van der Waals surface area contributed by atoms with Crippen molar-refractivity contribution < 1.29 is 4.39 Å². The van der Waals surface area contributed by atoms with Crippen LogP contribution in [0.3, 0.4) is 0 Å². The molecule has 0 aliphatic heterocycles.